The van der Waals surface area contributed by atoms with Crippen LogP contribution in [0.15, 0.2) is 16.0 Å². The molecule has 0 fully saturated rings. The van der Waals surface area contributed by atoms with Gasteiger partial charge in [0.1, 0.15) is 0 Å². The maximum absolute atomic E-state index is 8.88. The second kappa shape index (κ2) is 4.73. The molecule has 86 valence electrons. The molecule has 0 radical (unpaired) electrons. The molecule has 2 rings (SSSR count). The molecule has 6 heteroatoms. The normalized spacial score (nSPS) is 12.9. The summed E-state index contributed by atoms with van der Waals surface area (Å²) in [5, 5.41) is 14.6. The van der Waals surface area contributed by atoms with Crippen LogP contribution in [0.25, 0.3) is 10.8 Å². The standard InChI is InChI=1S/C10H13N3O2S/c1-2-6-3-4-16-8(6)10-12-9(13-15-10)7(11)5-14/h3-4,7,14H,2,5,11H2,1H3. The van der Waals surface area contributed by atoms with Crippen LogP contribution in [0.1, 0.15) is 24.4 Å². The summed E-state index contributed by atoms with van der Waals surface area (Å²) in [5.74, 6) is 0.818. The summed E-state index contributed by atoms with van der Waals surface area (Å²) in [4.78, 5) is 5.16. The molecule has 0 saturated carbocycles. The van der Waals surface area contributed by atoms with Crippen LogP contribution in [0.3, 0.4) is 0 Å². The lowest BCUT2D eigenvalue weighted by molar-refractivity contribution is 0.260. The van der Waals surface area contributed by atoms with Crippen molar-refractivity contribution in [3.63, 3.8) is 0 Å². The average Bonchev–Trinajstić information content (AvgIpc) is 2.95. The molecular formula is C10H13N3O2S. The molecule has 16 heavy (non-hydrogen) atoms. The minimum atomic E-state index is -0.581. The van der Waals surface area contributed by atoms with Gasteiger partial charge in [0.25, 0.3) is 5.89 Å². The molecule has 0 bridgehead atoms. The zero-order valence-corrected chi connectivity index (χ0v) is 9.70. The first-order valence-electron chi connectivity index (χ1n) is 5.03. The topological polar surface area (TPSA) is 85.2 Å². The van der Waals surface area contributed by atoms with Crippen LogP contribution in [0, 0.1) is 0 Å². The predicted molar refractivity (Wildman–Crippen MR) is 61.0 cm³/mol. The van der Waals surface area contributed by atoms with Crippen molar-refractivity contribution in [3.8, 4) is 10.8 Å². The van der Waals surface area contributed by atoms with Crippen molar-refractivity contribution in [3.05, 3.63) is 22.8 Å². The van der Waals surface area contributed by atoms with Crippen LogP contribution in [-0.2, 0) is 6.42 Å². The van der Waals surface area contributed by atoms with Crippen LogP contribution in [0.2, 0.25) is 0 Å². The number of thiophene rings is 1. The van der Waals surface area contributed by atoms with E-state index in [0.29, 0.717) is 11.7 Å². The number of aliphatic hydroxyl groups is 1. The number of hydrogen-bond acceptors (Lipinski definition) is 6. The Morgan fingerprint density at radius 3 is 3.12 bits per heavy atom. The molecule has 1 unspecified atom stereocenters. The first-order valence-corrected chi connectivity index (χ1v) is 5.91. The molecule has 0 aliphatic carbocycles. The van der Waals surface area contributed by atoms with Gasteiger partial charge in [0.2, 0.25) is 0 Å². The van der Waals surface area contributed by atoms with Crippen molar-refractivity contribution in [1.29, 1.82) is 0 Å². The summed E-state index contributed by atoms with van der Waals surface area (Å²) >= 11 is 1.56. The van der Waals surface area contributed by atoms with Crippen LogP contribution >= 0.6 is 11.3 Å². The zero-order valence-electron chi connectivity index (χ0n) is 8.88. The van der Waals surface area contributed by atoms with Gasteiger partial charge >= 0.3 is 0 Å². The maximum atomic E-state index is 8.88. The summed E-state index contributed by atoms with van der Waals surface area (Å²) in [6, 6.07) is 1.46. The highest BCUT2D eigenvalue weighted by molar-refractivity contribution is 7.13. The van der Waals surface area contributed by atoms with Gasteiger partial charge in [-0.15, -0.1) is 11.3 Å². The Morgan fingerprint density at radius 2 is 2.44 bits per heavy atom. The molecule has 1 atom stereocenters. The zero-order chi connectivity index (χ0) is 11.5. The van der Waals surface area contributed by atoms with Gasteiger partial charge in [-0.25, -0.2) is 0 Å². The Morgan fingerprint density at radius 1 is 1.62 bits per heavy atom. The van der Waals surface area contributed by atoms with Gasteiger partial charge in [-0.05, 0) is 23.4 Å². The fourth-order valence-electron chi connectivity index (χ4n) is 1.36. The Hall–Kier alpha value is -1.24. The van der Waals surface area contributed by atoms with Crippen molar-refractivity contribution in [1.82, 2.24) is 10.1 Å². The van der Waals surface area contributed by atoms with Crippen LogP contribution in [0.5, 0.6) is 0 Å². The number of aliphatic hydroxyl groups excluding tert-OH is 1. The smallest absolute Gasteiger partial charge is 0.268 e. The molecule has 0 spiro atoms. The average molecular weight is 239 g/mol. The van der Waals surface area contributed by atoms with Gasteiger partial charge in [0.05, 0.1) is 17.5 Å². The monoisotopic (exact) mass is 239 g/mol. The van der Waals surface area contributed by atoms with Gasteiger partial charge in [-0.3, -0.25) is 0 Å². The van der Waals surface area contributed by atoms with Crippen molar-refractivity contribution < 1.29 is 9.63 Å². The van der Waals surface area contributed by atoms with E-state index in [9.17, 15) is 0 Å². The summed E-state index contributed by atoms with van der Waals surface area (Å²) in [7, 11) is 0. The highest BCUT2D eigenvalue weighted by atomic mass is 32.1. The summed E-state index contributed by atoms with van der Waals surface area (Å²) in [5.41, 5.74) is 6.78. The van der Waals surface area contributed by atoms with Crippen LogP contribution in [0.4, 0.5) is 0 Å². The molecular weight excluding hydrogens is 226 g/mol. The number of nitrogens with two attached hydrogens (primary N) is 1. The van der Waals surface area contributed by atoms with E-state index in [1.54, 1.807) is 11.3 Å². The van der Waals surface area contributed by atoms with Crippen molar-refractivity contribution in [2.75, 3.05) is 6.61 Å². The van der Waals surface area contributed by atoms with Crippen LogP contribution < -0.4 is 5.73 Å². The molecule has 2 heterocycles. The number of aryl methyl sites for hydroxylation is 1. The van der Waals surface area contributed by atoms with Gasteiger partial charge in [0, 0.05) is 0 Å². The highest BCUT2D eigenvalue weighted by Crippen LogP contribution is 2.28. The first-order chi connectivity index (χ1) is 7.76. The number of nitrogens with zero attached hydrogens (tertiary/aromatic N) is 2. The fourth-order valence-corrected chi connectivity index (χ4v) is 2.28. The second-order valence-electron chi connectivity index (χ2n) is 3.38. The Balaban J connectivity index is 2.31. The highest BCUT2D eigenvalue weighted by Gasteiger charge is 2.16. The van der Waals surface area contributed by atoms with E-state index >= 15 is 0 Å². The van der Waals surface area contributed by atoms with Crippen molar-refractivity contribution >= 4 is 11.3 Å². The van der Waals surface area contributed by atoms with E-state index in [0.717, 1.165) is 11.3 Å². The first kappa shape index (κ1) is 11.3. The largest absolute Gasteiger partial charge is 0.394 e. The summed E-state index contributed by atoms with van der Waals surface area (Å²) in [6.07, 6.45) is 0.919. The van der Waals surface area contributed by atoms with Gasteiger partial charge in [-0.2, -0.15) is 4.98 Å². The lowest BCUT2D eigenvalue weighted by atomic mass is 10.2. The molecule has 2 aromatic heterocycles. The third-order valence-corrected chi connectivity index (χ3v) is 3.24. The van der Waals surface area contributed by atoms with E-state index in [4.69, 9.17) is 15.4 Å². The lowest BCUT2D eigenvalue weighted by Crippen LogP contribution is -2.15. The lowest BCUT2D eigenvalue weighted by Gasteiger charge is -1.98. The third kappa shape index (κ3) is 1.99. The van der Waals surface area contributed by atoms with E-state index in [1.165, 1.54) is 5.56 Å². The molecule has 3 N–H and O–H groups in total. The predicted octanol–water partition coefficient (Wildman–Crippen LogP) is 1.35. The van der Waals surface area contributed by atoms with E-state index in [1.807, 2.05) is 11.4 Å². The summed E-state index contributed by atoms with van der Waals surface area (Å²) < 4.78 is 5.13. The maximum Gasteiger partial charge on any atom is 0.268 e. The SMILES string of the molecule is CCc1ccsc1-c1nc(C(N)CO)no1. The Labute approximate surface area is 96.9 Å². The number of hydrogen-bond donors (Lipinski definition) is 2. The molecule has 0 aliphatic rings. The quantitative estimate of drug-likeness (QED) is 0.841. The molecule has 5 nitrogen and oxygen atoms in total. The van der Waals surface area contributed by atoms with Gasteiger partial charge in [0.15, 0.2) is 5.82 Å². The molecule has 2 aromatic rings. The van der Waals surface area contributed by atoms with Gasteiger partial charge < -0.3 is 15.4 Å². The van der Waals surface area contributed by atoms with E-state index in [-0.39, 0.29) is 6.61 Å². The molecule has 0 saturated heterocycles. The third-order valence-electron chi connectivity index (χ3n) is 2.29. The van der Waals surface area contributed by atoms with Crippen molar-refractivity contribution in [2.45, 2.75) is 19.4 Å². The molecule has 0 aliphatic heterocycles. The second-order valence-corrected chi connectivity index (χ2v) is 4.29. The minimum Gasteiger partial charge on any atom is -0.394 e. The molecule has 0 aromatic carbocycles. The fraction of sp³-hybridized carbons (Fsp3) is 0.400. The summed E-state index contributed by atoms with van der Waals surface area (Å²) in [6.45, 7) is 1.88. The van der Waals surface area contributed by atoms with Gasteiger partial charge in [-0.1, -0.05) is 12.1 Å². The van der Waals surface area contributed by atoms with Crippen LogP contribution in [-0.4, -0.2) is 21.9 Å². The van der Waals surface area contributed by atoms with Crippen molar-refractivity contribution in [2.24, 2.45) is 5.73 Å². The Kier molecular flexibility index (Phi) is 3.33. The van der Waals surface area contributed by atoms with E-state index in [2.05, 4.69) is 17.1 Å². The van der Waals surface area contributed by atoms with E-state index < -0.39 is 6.04 Å². The minimum absolute atomic E-state index is 0.190. The number of rotatable bonds is 4. The molecule has 0 amide bonds. The Bertz CT molecular complexity index is 466. The number of aromatic nitrogens is 2.